The van der Waals surface area contributed by atoms with Crippen molar-refractivity contribution in [2.75, 3.05) is 46.0 Å². The van der Waals surface area contributed by atoms with E-state index >= 15 is 0 Å². The quantitative estimate of drug-likeness (QED) is 0.808. The van der Waals surface area contributed by atoms with Crippen LogP contribution in [0, 0.1) is 0 Å². The number of aromatic nitrogens is 1. The third-order valence-electron chi connectivity index (χ3n) is 5.45. The molecule has 7 heteroatoms. The van der Waals surface area contributed by atoms with Crippen LogP contribution in [-0.4, -0.2) is 78.0 Å². The zero-order chi connectivity index (χ0) is 18.8. The first-order valence-electron chi connectivity index (χ1n) is 9.65. The maximum Gasteiger partial charge on any atom is 0.252 e. The predicted octanol–water partition coefficient (Wildman–Crippen LogP) is 0.804. The number of pyridine rings is 1. The summed E-state index contributed by atoms with van der Waals surface area (Å²) in [4.78, 5) is 19.9. The van der Waals surface area contributed by atoms with Gasteiger partial charge < -0.3 is 19.6 Å². The Morgan fingerprint density at radius 3 is 2.85 bits per heavy atom. The Kier molecular flexibility index (Phi) is 5.45. The molecule has 2 fully saturated rings. The average molecular weight is 373 g/mol. The van der Waals surface area contributed by atoms with Gasteiger partial charge in [0.05, 0.1) is 25.9 Å². The zero-order valence-electron chi connectivity index (χ0n) is 15.7. The first kappa shape index (κ1) is 18.4. The van der Waals surface area contributed by atoms with Crippen LogP contribution in [0.4, 0.5) is 0 Å². The van der Waals surface area contributed by atoms with E-state index in [1.165, 1.54) is 0 Å². The molecule has 27 heavy (non-hydrogen) atoms. The van der Waals surface area contributed by atoms with Crippen LogP contribution in [0.5, 0.6) is 5.75 Å². The van der Waals surface area contributed by atoms with Gasteiger partial charge in [-0.3, -0.25) is 14.6 Å². The van der Waals surface area contributed by atoms with Gasteiger partial charge in [0.15, 0.2) is 0 Å². The van der Waals surface area contributed by atoms with Crippen molar-refractivity contribution in [3.8, 4) is 5.75 Å². The highest BCUT2D eigenvalue weighted by Crippen LogP contribution is 2.22. The Balaban J connectivity index is 1.50. The molecule has 7 nitrogen and oxygen atoms in total. The van der Waals surface area contributed by atoms with Crippen LogP contribution in [0.3, 0.4) is 0 Å². The van der Waals surface area contributed by atoms with Crippen LogP contribution in [0.2, 0.25) is 0 Å². The van der Waals surface area contributed by atoms with Crippen molar-refractivity contribution in [2.45, 2.75) is 25.6 Å². The number of β-amino-alcohol motifs (C(OH)–C–C–N with tert-alkyl or cyclic N) is 1. The van der Waals surface area contributed by atoms with E-state index in [1.807, 2.05) is 31.2 Å². The second-order valence-electron chi connectivity index (χ2n) is 7.28. The van der Waals surface area contributed by atoms with E-state index in [4.69, 9.17) is 9.47 Å². The standard InChI is InChI=1S/C20H27N3O4/c1-2-27-16-3-4-17-14(10-16)9-15(20(25)21-17)11-22-12-18(19(24)13-22)23-5-7-26-8-6-23/h3-4,9-10,18-19,24H,2,5-8,11-13H2,1H3,(H,21,25)/t18-,19-/m0/s1. The molecule has 1 aromatic heterocycles. The molecule has 0 bridgehead atoms. The van der Waals surface area contributed by atoms with Crippen LogP contribution >= 0.6 is 0 Å². The molecule has 0 unspecified atom stereocenters. The first-order chi connectivity index (χ1) is 13.1. The summed E-state index contributed by atoms with van der Waals surface area (Å²) in [6.45, 7) is 7.57. The number of fused-ring (bicyclic) bond motifs is 1. The van der Waals surface area contributed by atoms with Crippen molar-refractivity contribution in [1.82, 2.24) is 14.8 Å². The third-order valence-corrected chi connectivity index (χ3v) is 5.45. The minimum absolute atomic E-state index is 0.0732. The SMILES string of the molecule is CCOc1ccc2[nH]c(=O)c(CN3C[C@H](O)[C@@H](N4CCOCC4)C3)cc2c1. The largest absolute Gasteiger partial charge is 0.494 e. The fourth-order valence-electron chi connectivity index (χ4n) is 4.09. The molecular weight excluding hydrogens is 346 g/mol. The number of hydrogen-bond donors (Lipinski definition) is 2. The number of rotatable bonds is 5. The summed E-state index contributed by atoms with van der Waals surface area (Å²) in [6.07, 6.45) is -0.396. The topological polar surface area (TPSA) is 78.0 Å². The highest BCUT2D eigenvalue weighted by atomic mass is 16.5. The second kappa shape index (κ2) is 7.98. The smallest absolute Gasteiger partial charge is 0.252 e. The van der Waals surface area contributed by atoms with Crippen LogP contribution in [0.15, 0.2) is 29.1 Å². The summed E-state index contributed by atoms with van der Waals surface area (Å²) in [5.41, 5.74) is 1.45. The monoisotopic (exact) mass is 373 g/mol. The number of morpholine rings is 1. The van der Waals surface area contributed by atoms with Crippen LogP contribution in [0.1, 0.15) is 12.5 Å². The van der Waals surface area contributed by atoms with Gasteiger partial charge in [0.2, 0.25) is 0 Å². The number of aliphatic hydroxyl groups excluding tert-OH is 1. The fourth-order valence-corrected chi connectivity index (χ4v) is 4.09. The van der Waals surface area contributed by atoms with E-state index in [-0.39, 0.29) is 11.6 Å². The number of H-pyrrole nitrogens is 1. The third kappa shape index (κ3) is 4.01. The highest BCUT2D eigenvalue weighted by Gasteiger charge is 2.36. The lowest BCUT2D eigenvalue weighted by atomic mass is 10.1. The number of aromatic amines is 1. The minimum Gasteiger partial charge on any atom is -0.494 e. The normalized spacial score (nSPS) is 24.5. The molecule has 0 radical (unpaired) electrons. The Hall–Kier alpha value is -1.93. The average Bonchev–Trinajstić information content (AvgIpc) is 3.04. The Labute approximate surface area is 158 Å². The van der Waals surface area contributed by atoms with Gasteiger partial charge in [0.25, 0.3) is 5.56 Å². The summed E-state index contributed by atoms with van der Waals surface area (Å²) < 4.78 is 11.0. The van der Waals surface area contributed by atoms with Crippen molar-refractivity contribution in [3.05, 3.63) is 40.2 Å². The van der Waals surface area contributed by atoms with Crippen LogP contribution < -0.4 is 10.3 Å². The number of benzene rings is 1. The molecule has 0 spiro atoms. The van der Waals surface area contributed by atoms with Gasteiger partial charge in [-0.05, 0) is 31.2 Å². The van der Waals surface area contributed by atoms with Gasteiger partial charge in [-0.15, -0.1) is 0 Å². The maximum absolute atomic E-state index is 12.5. The first-order valence-corrected chi connectivity index (χ1v) is 9.65. The van der Waals surface area contributed by atoms with E-state index in [1.54, 1.807) is 0 Å². The summed E-state index contributed by atoms with van der Waals surface area (Å²) >= 11 is 0. The van der Waals surface area contributed by atoms with E-state index in [0.717, 1.165) is 49.5 Å². The summed E-state index contributed by atoms with van der Waals surface area (Å²) in [5, 5.41) is 11.5. The zero-order valence-corrected chi connectivity index (χ0v) is 15.7. The van der Waals surface area contributed by atoms with Crippen molar-refractivity contribution >= 4 is 10.9 Å². The van der Waals surface area contributed by atoms with Crippen molar-refractivity contribution in [3.63, 3.8) is 0 Å². The second-order valence-corrected chi connectivity index (χ2v) is 7.28. The fraction of sp³-hybridized carbons (Fsp3) is 0.550. The number of ether oxygens (including phenoxy) is 2. The molecule has 2 saturated heterocycles. The lowest BCUT2D eigenvalue weighted by Gasteiger charge is -2.33. The lowest BCUT2D eigenvalue weighted by molar-refractivity contribution is -0.00618. The molecule has 4 rings (SSSR count). The summed E-state index contributed by atoms with van der Waals surface area (Å²) in [6, 6.07) is 7.74. The highest BCUT2D eigenvalue weighted by molar-refractivity contribution is 5.80. The molecule has 2 aromatic rings. The molecule has 146 valence electrons. The van der Waals surface area contributed by atoms with Gasteiger partial charge in [-0.1, -0.05) is 0 Å². The van der Waals surface area contributed by atoms with E-state index in [2.05, 4.69) is 14.8 Å². The molecule has 2 aliphatic rings. The van der Waals surface area contributed by atoms with Gasteiger partial charge in [-0.2, -0.15) is 0 Å². The molecule has 3 heterocycles. The summed E-state index contributed by atoms with van der Waals surface area (Å²) in [7, 11) is 0. The Morgan fingerprint density at radius 2 is 2.07 bits per heavy atom. The van der Waals surface area contributed by atoms with Gasteiger partial charge in [-0.25, -0.2) is 0 Å². The van der Waals surface area contributed by atoms with Crippen LogP contribution in [-0.2, 0) is 11.3 Å². The van der Waals surface area contributed by atoms with Crippen molar-refractivity contribution in [1.29, 1.82) is 0 Å². The minimum atomic E-state index is -0.396. The Morgan fingerprint density at radius 1 is 1.26 bits per heavy atom. The molecule has 2 N–H and O–H groups in total. The maximum atomic E-state index is 12.5. The molecule has 2 atom stereocenters. The van der Waals surface area contributed by atoms with Gasteiger partial charge in [0, 0.05) is 55.2 Å². The van der Waals surface area contributed by atoms with Crippen molar-refractivity contribution in [2.24, 2.45) is 0 Å². The number of nitrogens with zero attached hydrogens (tertiary/aromatic N) is 2. The van der Waals surface area contributed by atoms with Gasteiger partial charge >= 0.3 is 0 Å². The van der Waals surface area contributed by atoms with E-state index < -0.39 is 6.10 Å². The molecule has 0 amide bonds. The summed E-state index contributed by atoms with van der Waals surface area (Å²) in [5.74, 6) is 0.798. The molecular formula is C20H27N3O4. The number of hydrogen-bond acceptors (Lipinski definition) is 6. The van der Waals surface area contributed by atoms with Crippen LogP contribution in [0.25, 0.3) is 10.9 Å². The van der Waals surface area contributed by atoms with Crippen molar-refractivity contribution < 1.29 is 14.6 Å². The Bertz CT molecular complexity index is 847. The molecule has 1 aromatic carbocycles. The van der Waals surface area contributed by atoms with E-state index in [9.17, 15) is 9.90 Å². The number of nitrogens with one attached hydrogen (secondary N) is 1. The molecule has 0 aliphatic carbocycles. The molecule has 2 aliphatic heterocycles. The predicted molar refractivity (Wildman–Crippen MR) is 103 cm³/mol. The molecule has 0 saturated carbocycles. The van der Waals surface area contributed by atoms with Gasteiger partial charge in [0.1, 0.15) is 5.75 Å². The van der Waals surface area contributed by atoms with E-state index in [0.29, 0.717) is 25.3 Å². The number of aliphatic hydroxyl groups is 1. The number of likely N-dealkylation sites (tertiary alicyclic amines) is 1. The lowest BCUT2D eigenvalue weighted by Crippen LogP contribution is -2.48.